The molecule has 0 aliphatic rings. The topological polar surface area (TPSA) is 95.5 Å². The van der Waals surface area contributed by atoms with Gasteiger partial charge in [-0.05, 0) is 54.7 Å². The zero-order valence-corrected chi connectivity index (χ0v) is 17.5. The molecule has 154 valence electrons. The molecule has 29 heavy (non-hydrogen) atoms. The van der Waals surface area contributed by atoms with Gasteiger partial charge in [0.1, 0.15) is 0 Å². The maximum atomic E-state index is 12.2. The first-order valence-electron chi connectivity index (χ1n) is 9.44. The smallest absolute Gasteiger partial charge is 0.313 e. The highest BCUT2D eigenvalue weighted by Crippen LogP contribution is 2.25. The molecule has 3 N–H and O–H groups in total. The molecule has 0 aliphatic carbocycles. The number of amides is 2. The van der Waals surface area contributed by atoms with Crippen molar-refractivity contribution in [3.63, 3.8) is 0 Å². The van der Waals surface area contributed by atoms with Crippen LogP contribution < -0.4 is 10.6 Å². The van der Waals surface area contributed by atoms with Gasteiger partial charge in [0.15, 0.2) is 0 Å². The van der Waals surface area contributed by atoms with Crippen LogP contribution in [0.5, 0.6) is 0 Å². The van der Waals surface area contributed by atoms with E-state index in [4.69, 9.17) is 0 Å². The lowest BCUT2D eigenvalue weighted by molar-refractivity contribution is -0.142. The van der Waals surface area contributed by atoms with Gasteiger partial charge in [0.25, 0.3) is 5.91 Å². The normalized spacial score (nSPS) is 11.6. The van der Waals surface area contributed by atoms with Crippen LogP contribution in [0.1, 0.15) is 56.1 Å². The van der Waals surface area contributed by atoms with E-state index in [1.54, 1.807) is 50.2 Å². The molecule has 0 saturated carbocycles. The summed E-state index contributed by atoms with van der Waals surface area (Å²) in [5.74, 6) is -1.61. The fraction of sp³-hybridized carbons (Fsp3) is 0.348. The number of nitrogens with one attached hydrogen (secondary N) is 2. The molecule has 0 bridgehead atoms. The minimum atomic E-state index is -1.01. The molecule has 2 amide bonds. The third-order valence-corrected chi connectivity index (χ3v) is 4.85. The van der Waals surface area contributed by atoms with E-state index in [0.29, 0.717) is 16.8 Å². The van der Waals surface area contributed by atoms with Crippen molar-refractivity contribution in [2.24, 2.45) is 0 Å². The third kappa shape index (κ3) is 5.67. The quantitative estimate of drug-likeness (QED) is 0.693. The largest absolute Gasteiger partial charge is 0.481 e. The Morgan fingerprint density at radius 2 is 1.34 bits per heavy atom. The van der Waals surface area contributed by atoms with Crippen LogP contribution in [0.2, 0.25) is 0 Å². The molecule has 0 fully saturated rings. The Balaban J connectivity index is 1.91. The van der Waals surface area contributed by atoms with E-state index in [-0.39, 0.29) is 23.8 Å². The molecule has 2 aromatic rings. The number of hydrogen-bond donors (Lipinski definition) is 3. The van der Waals surface area contributed by atoms with E-state index in [1.807, 2.05) is 12.1 Å². The van der Waals surface area contributed by atoms with Crippen molar-refractivity contribution >= 4 is 23.5 Å². The highest BCUT2D eigenvalue weighted by atomic mass is 16.4. The summed E-state index contributed by atoms with van der Waals surface area (Å²) in [6.45, 7) is 9.37. The summed E-state index contributed by atoms with van der Waals surface area (Å²) < 4.78 is 0. The summed E-state index contributed by atoms with van der Waals surface area (Å²) in [5, 5.41) is 14.6. The fourth-order valence-electron chi connectivity index (χ4n) is 2.68. The van der Waals surface area contributed by atoms with E-state index in [1.165, 1.54) is 0 Å². The van der Waals surface area contributed by atoms with Gasteiger partial charge in [0.05, 0.1) is 12.0 Å². The van der Waals surface area contributed by atoms with E-state index in [0.717, 1.165) is 5.56 Å². The molecule has 0 aromatic heterocycles. The SMILES string of the molecule is CC(C)(C)c1ccc(C(=O)NCC(=O)Nc2ccc(C(C)(C)C(=O)O)cc2)cc1. The highest BCUT2D eigenvalue weighted by Gasteiger charge is 2.29. The van der Waals surface area contributed by atoms with Crippen LogP contribution in [0.25, 0.3) is 0 Å². The van der Waals surface area contributed by atoms with Gasteiger partial charge >= 0.3 is 5.97 Å². The molecule has 0 atom stereocenters. The van der Waals surface area contributed by atoms with Crippen molar-refractivity contribution in [3.8, 4) is 0 Å². The molecule has 2 rings (SSSR count). The fourth-order valence-corrected chi connectivity index (χ4v) is 2.68. The number of rotatable bonds is 6. The van der Waals surface area contributed by atoms with Crippen molar-refractivity contribution in [3.05, 3.63) is 65.2 Å². The van der Waals surface area contributed by atoms with Crippen molar-refractivity contribution in [2.45, 2.75) is 45.4 Å². The predicted octanol–water partition coefficient (Wildman–Crippen LogP) is 3.71. The molecule has 0 saturated heterocycles. The van der Waals surface area contributed by atoms with Gasteiger partial charge in [-0.1, -0.05) is 45.0 Å². The minimum Gasteiger partial charge on any atom is -0.481 e. The Bertz CT molecular complexity index is 892. The zero-order chi connectivity index (χ0) is 21.8. The second-order valence-electron chi connectivity index (χ2n) is 8.57. The molecule has 0 heterocycles. The van der Waals surface area contributed by atoms with Crippen LogP contribution in [0.3, 0.4) is 0 Å². The lowest BCUT2D eigenvalue weighted by Gasteiger charge is -2.20. The molecular formula is C23H28N2O4. The standard InChI is InChI=1S/C23H28N2O4/c1-22(2,3)16-8-6-15(7-9-16)20(27)24-14-19(26)25-18-12-10-17(11-13-18)23(4,5)21(28)29/h6-13H,14H2,1-5H3,(H,24,27)(H,25,26)(H,28,29). The van der Waals surface area contributed by atoms with Crippen molar-refractivity contribution in [2.75, 3.05) is 11.9 Å². The molecule has 6 heteroatoms. The highest BCUT2D eigenvalue weighted by molar-refractivity contribution is 5.99. The molecule has 0 unspecified atom stereocenters. The lowest BCUT2D eigenvalue weighted by atomic mass is 9.85. The molecule has 0 spiro atoms. The van der Waals surface area contributed by atoms with Gasteiger partial charge in [-0.25, -0.2) is 0 Å². The first kappa shape index (κ1) is 22.1. The lowest BCUT2D eigenvalue weighted by Crippen LogP contribution is -2.33. The maximum absolute atomic E-state index is 12.2. The van der Waals surface area contributed by atoms with Crippen LogP contribution >= 0.6 is 0 Å². The van der Waals surface area contributed by atoms with Gasteiger partial charge in [0.2, 0.25) is 5.91 Å². The van der Waals surface area contributed by atoms with E-state index in [9.17, 15) is 19.5 Å². The first-order valence-corrected chi connectivity index (χ1v) is 9.44. The van der Waals surface area contributed by atoms with E-state index >= 15 is 0 Å². The Kier molecular flexibility index (Phi) is 6.47. The minimum absolute atomic E-state index is 0.00409. The third-order valence-electron chi connectivity index (χ3n) is 4.85. The van der Waals surface area contributed by atoms with Crippen molar-refractivity contribution in [1.82, 2.24) is 5.32 Å². The number of carbonyl (C=O) groups is 3. The number of carbonyl (C=O) groups excluding carboxylic acids is 2. The Hall–Kier alpha value is -3.15. The number of hydrogen-bond acceptors (Lipinski definition) is 3. The van der Waals surface area contributed by atoms with Crippen LogP contribution in [0, 0.1) is 0 Å². The summed E-state index contributed by atoms with van der Waals surface area (Å²) >= 11 is 0. The predicted molar refractivity (Wildman–Crippen MR) is 113 cm³/mol. The van der Waals surface area contributed by atoms with E-state index in [2.05, 4.69) is 31.4 Å². The van der Waals surface area contributed by atoms with Crippen molar-refractivity contribution < 1.29 is 19.5 Å². The summed E-state index contributed by atoms with van der Waals surface area (Å²) in [4.78, 5) is 35.6. The van der Waals surface area contributed by atoms with Gasteiger partial charge in [0, 0.05) is 11.3 Å². The Morgan fingerprint density at radius 3 is 1.83 bits per heavy atom. The van der Waals surface area contributed by atoms with E-state index < -0.39 is 11.4 Å². The summed E-state index contributed by atoms with van der Waals surface area (Å²) in [6, 6.07) is 13.9. The number of benzene rings is 2. The average Bonchev–Trinajstić information content (AvgIpc) is 2.66. The van der Waals surface area contributed by atoms with Crippen LogP contribution in [-0.2, 0) is 20.4 Å². The number of carboxylic acid groups (broad SMARTS) is 1. The summed E-state index contributed by atoms with van der Waals surface area (Å²) in [6.07, 6.45) is 0. The Labute approximate surface area is 171 Å². The van der Waals surface area contributed by atoms with Gasteiger partial charge in [-0.15, -0.1) is 0 Å². The second kappa shape index (κ2) is 8.47. The number of carboxylic acids is 1. The van der Waals surface area contributed by atoms with Gasteiger partial charge < -0.3 is 15.7 Å². The molecule has 2 aromatic carbocycles. The monoisotopic (exact) mass is 396 g/mol. The average molecular weight is 396 g/mol. The Morgan fingerprint density at radius 1 is 0.828 bits per heavy atom. The summed E-state index contributed by atoms with van der Waals surface area (Å²) in [5.41, 5.74) is 1.77. The van der Waals surface area contributed by atoms with Gasteiger partial charge in [-0.2, -0.15) is 0 Å². The number of anilines is 1. The molecular weight excluding hydrogens is 368 g/mol. The van der Waals surface area contributed by atoms with Gasteiger partial charge in [-0.3, -0.25) is 14.4 Å². The van der Waals surface area contributed by atoms with Crippen LogP contribution in [-0.4, -0.2) is 29.4 Å². The molecule has 0 radical (unpaired) electrons. The molecule has 6 nitrogen and oxygen atoms in total. The maximum Gasteiger partial charge on any atom is 0.313 e. The van der Waals surface area contributed by atoms with Crippen molar-refractivity contribution in [1.29, 1.82) is 0 Å². The van der Waals surface area contributed by atoms with Crippen LogP contribution in [0.4, 0.5) is 5.69 Å². The second-order valence-corrected chi connectivity index (χ2v) is 8.57. The number of aliphatic carboxylic acids is 1. The first-order chi connectivity index (χ1) is 13.4. The molecule has 0 aliphatic heterocycles. The zero-order valence-electron chi connectivity index (χ0n) is 17.5. The van der Waals surface area contributed by atoms with Crippen LogP contribution in [0.15, 0.2) is 48.5 Å². The summed E-state index contributed by atoms with van der Waals surface area (Å²) in [7, 11) is 0.